The topological polar surface area (TPSA) is 25.2 Å². The van der Waals surface area contributed by atoms with Gasteiger partial charge in [-0.15, -0.1) is 0 Å². The van der Waals surface area contributed by atoms with E-state index in [1.807, 2.05) is 7.05 Å². The standard InChI is InChI=1S/C13H21NO/c1-8(2)12-6-10-11(7-14-4)9(3)5-13(10)15-12/h6,8-9,11,14H,5,7H2,1-4H3. The van der Waals surface area contributed by atoms with E-state index >= 15 is 0 Å². The lowest BCUT2D eigenvalue weighted by Gasteiger charge is -2.15. The minimum atomic E-state index is 0.501. The van der Waals surface area contributed by atoms with Crippen LogP contribution < -0.4 is 5.32 Å². The molecule has 0 saturated heterocycles. The monoisotopic (exact) mass is 207 g/mol. The number of furan rings is 1. The summed E-state index contributed by atoms with van der Waals surface area (Å²) in [5.74, 6) is 4.23. The maximum Gasteiger partial charge on any atom is 0.108 e. The number of rotatable bonds is 3. The molecule has 0 amide bonds. The van der Waals surface area contributed by atoms with Crippen molar-refractivity contribution in [2.45, 2.75) is 39.0 Å². The van der Waals surface area contributed by atoms with Crippen molar-refractivity contribution in [2.24, 2.45) is 5.92 Å². The first-order chi connectivity index (χ1) is 7.13. The lowest BCUT2D eigenvalue weighted by atomic mass is 9.94. The smallest absolute Gasteiger partial charge is 0.108 e. The van der Waals surface area contributed by atoms with Gasteiger partial charge in [0.2, 0.25) is 0 Å². The molecule has 0 spiro atoms. The molecule has 2 nitrogen and oxygen atoms in total. The molecule has 2 heteroatoms. The van der Waals surface area contributed by atoms with Crippen LogP contribution in [-0.2, 0) is 6.42 Å². The Morgan fingerprint density at radius 3 is 2.87 bits per heavy atom. The van der Waals surface area contributed by atoms with Crippen molar-refractivity contribution in [3.63, 3.8) is 0 Å². The summed E-state index contributed by atoms with van der Waals surface area (Å²) >= 11 is 0. The summed E-state index contributed by atoms with van der Waals surface area (Å²) in [7, 11) is 2.02. The molecule has 0 fully saturated rings. The van der Waals surface area contributed by atoms with Crippen molar-refractivity contribution >= 4 is 0 Å². The van der Waals surface area contributed by atoms with Crippen molar-refractivity contribution < 1.29 is 4.42 Å². The van der Waals surface area contributed by atoms with Crippen LogP contribution in [0.1, 0.15) is 49.7 Å². The average Bonchev–Trinajstić information content (AvgIpc) is 2.67. The second-order valence-corrected chi connectivity index (χ2v) is 5.03. The van der Waals surface area contributed by atoms with Crippen molar-refractivity contribution in [2.75, 3.05) is 13.6 Å². The third-order valence-corrected chi connectivity index (χ3v) is 3.45. The van der Waals surface area contributed by atoms with Crippen LogP contribution in [0.25, 0.3) is 0 Å². The van der Waals surface area contributed by atoms with Crippen LogP contribution in [0.15, 0.2) is 10.5 Å². The number of fused-ring (bicyclic) bond motifs is 1. The second-order valence-electron chi connectivity index (χ2n) is 5.03. The lowest BCUT2D eigenvalue weighted by Crippen LogP contribution is -2.19. The number of hydrogen-bond acceptors (Lipinski definition) is 2. The van der Waals surface area contributed by atoms with E-state index in [4.69, 9.17) is 4.42 Å². The maximum absolute atomic E-state index is 5.91. The highest BCUT2D eigenvalue weighted by molar-refractivity contribution is 5.33. The van der Waals surface area contributed by atoms with Crippen molar-refractivity contribution in [3.05, 3.63) is 23.2 Å². The van der Waals surface area contributed by atoms with Gasteiger partial charge >= 0.3 is 0 Å². The summed E-state index contributed by atoms with van der Waals surface area (Å²) < 4.78 is 5.91. The predicted molar refractivity (Wildman–Crippen MR) is 62.3 cm³/mol. The largest absolute Gasteiger partial charge is 0.466 e. The van der Waals surface area contributed by atoms with Crippen molar-refractivity contribution in [1.82, 2.24) is 5.32 Å². The predicted octanol–water partition coefficient (Wildman–Crippen LogP) is 2.90. The van der Waals surface area contributed by atoms with Gasteiger partial charge in [0.15, 0.2) is 0 Å². The minimum absolute atomic E-state index is 0.501. The van der Waals surface area contributed by atoms with Crippen LogP contribution in [0.2, 0.25) is 0 Å². The Bertz CT molecular complexity index is 340. The van der Waals surface area contributed by atoms with Crippen molar-refractivity contribution in [3.8, 4) is 0 Å². The first-order valence-electron chi connectivity index (χ1n) is 5.90. The summed E-state index contributed by atoms with van der Waals surface area (Å²) in [5, 5.41) is 3.28. The molecule has 0 aromatic carbocycles. The van der Waals surface area contributed by atoms with Gasteiger partial charge in [-0.05, 0) is 24.6 Å². The molecule has 2 unspecified atom stereocenters. The minimum Gasteiger partial charge on any atom is -0.466 e. The van der Waals surface area contributed by atoms with E-state index in [0.717, 1.165) is 18.7 Å². The van der Waals surface area contributed by atoms with Crippen LogP contribution >= 0.6 is 0 Å². The van der Waals surface area contributed by atoms with Crippen molar-refractivity contribution in [1.29, 1.82) is 0 Å². The highest BCUT2D eigenvalue weighted by Crippen LogP contribution is 2.40. The Labute approximate surface area is 92.1 Å². The number of likely N-dealkylation sites (N-methyl/N-ethyl adjacent to an activating group) is 1. The fourth-order valence-corrected chi connectivity index (χ4v) is 2.49. The SMILES string of the molecule is CNCC1c2cc(C(C)C)oc2CC1C. The van der Waals surface area contributed by atoms with Gasteiger partial charge in [-0.2, -0.15) is 0 Å². The second kappa shape index (κ2) is 4.01. The molecule has 2 rings (SSSR count). The number of hydrogen-bond donors (Lipinski definition) is 1. The molecule has 2 atom stereocenters. The zero-order valence-corrected chi connectivity index (χ0v) is 10.1. The lowest BCUT2D eigenvalue weighted by molar-refractivity contribution is 0.419. The van der Waals surface area contributed by atoms with E-state index in [-0.39, 0.29) is 0 Å². The van der Waals surface area contributed by atoms with Gasteiger partial charge in [-0.25, -0.2) is 0 Å². The van der Waals surface area contributed by atoms with Crippen LogP contribution in [-0.4, -0.2) is 13.6 Å². The van der Waals surface area contributed by atoms with Crippen LogP contribution in [0.3, 0.4) is 0 Å². The molecule has 1 aliphatic rings. The molecular weight excluding hydrogens is 186 g/mol. The zero-order valence-electron chi connectivity index (χ0n) is 10.1. The Morgan fingerprint density at radius 2 is 2.27 bits per heavy atom. The fraction of sp³-hybridized carbons (Fsp3) is 0.692. The molecule has 1 heterocycles. The molecule has 1 aromatic heterocycles. The summed E-state index contributed by atoms with van der Waals surface area (Å²) in [5.41, 5.74) is 1.44. The summed E-state index contributed by atoms with van der Waals surface area (Å²) in [6, 6.07) is 2.27. The van der Waals surface area contributed by atoms with E-state index < -0.39 is 0 Å². The Balaban J connectivity index is 2.26. The molecule has 0 bridgehead atoms. The van der Waals surface area contributed by atoms with E-state index in [9.17, 15) is 0 Å². The van der Waals surface area contributed by atoms with Crippen LogP contribution in [0.4, 0.5) is 0 Å². The first-order valence-corrected chi connectivity index (χ1v) is 5.90. The molecule has 1 N–H and O–H groups in total. The molecule has 15 heavy (non-hydrogen) atoms. The van der Waals surface area contributed by atoms with Gasteiger partial charge in [0.25, 0.3) is 0 Å². The quantitative estimate of drug-likeness (QED) is 0.824. The molecular formula is C13H21NO. The third kappa shape index (κ3) is 1.83. The summed E-state index contributed by atoms with van der Waals surface area (Å²) in [6.45, 7) is 7.74. The molecule has 1 aromatic rings. The Hall–Kier alpha value is -0.760. The van der Waals surface area contributed by atoms with E-state index in [1.165, 1.54) is 11.3 Å². The van der Waals surface area contributed by atoms with Gasteiger partial charge < -0.3 is 9.73 Å². The molecule has 0 radical (unpaired) electrons. The first kappa shape index (κ1) is 10.7. The highest BCUT2D eigenvalue weighted by Gasteiger charge is 2.32. The molecule has 84 valence electrons. The Kier molecular flexibility index (Phi) is 2.87. The average molecular weight is 207 g/mol. The third-order valence-electron chi connectivity index (χ3n) is 3.45. The van der Waals surface area contributed by atoms with Gasteiger partial charge in [0.05, 0.1) is 0 Å². The maximum atomic E-state index is 5.91. The zero-order chi connectivity index (χ0) is 11.0. The van der Waals surface area contributed by atoms with Gasteiger partial charge in [-0.1, -0.05) is 20.8 Å². The van der Waals surface area contributed by atoms with E-state index in [2.05, 4.69) is 32.2 Å². The highest BCUT2D eigenvalue weighted by atomic mass is 16.3. The normalized spacial score (nSPS) is 24.9. The summed E-state index contributed by atoms with van der Waals surface area (Å²) in [4.78, 5) is 0. The van der Waals surface area contributed by atoms with Gasteiger partial charge in [0, 0.05) is 24.8 Å². The van der Waals surface area contributed by atoms with Crippen LogP contribution in [0.5, 0.6) is 0 Å². The van der Waals surface area contributed by atoms with E-state index in [0.29, 0.717) is 17.8 Å². The molecule has 0 saturated carbocycles. The fourth-order valence-electron chi connectivity index (χ4n) is 2.49. The summed E-state index contributed by atoms with van der Waals surface area (Å²) in [6.07, 6.45) is 1.11. The van der Waals surface area contributed by atoms with Gasteiger partial charge in [-0.3, -0.25) is 0 Å². The number of nitrogens with one attached hydrogen (secondary N) is 1. The Morgan fingerprint density at radius 1 is 1.53 bits per heavy atom. The molecule has 0 aliphatic heterocycles. The van der Waals surface area contributed by atoms with E-state index in [1.54, 1.807) is 0 Å². The van der Waals surface area contributed by atoms with Crippen LogP contribution in [0, 0.1) is 5.92 Å². The molecule has 1 aliphatic carbocycles. The van der Waals surface area contributed by atoms with Gasteiger partial charge in [0.1, 0.15) is 11.5 Å².